The summed E-state index contributed by atoms with van der Waals surface area (Å²) in [6.07, 6.45) is 6.10. The Balaban J connectivity index is 2.03. The monoisotopic (exact) mass is 266 g/mol. The number of hydrogen-bond donors (Lipinski definition) is 1. The number of halogens is 1. The zero-order valence-corrected chi connectivity index (χ0v) is 11.1. The summed E-state index contributed by atoms with van der Waals surface area (Å²) in [5.74, 6) is 0.000186. The summed E-state index contributed by atoms with van der Waals surface area (Å²) >= 11 is 0. The maximum Gasteiger partial charge on any atom is 0.272 e. The molecular formula is C14H19FN2O2. The number of non-ortho nitro benzene ring substituents is 1. The van der Waals surface area contributed by atoms with Crippen LogP contribution in [0.2, 0.25) is 0 Å². The minimum Gasteiger partial charge on any atom is -0.380 e. The van der Waals surface area contributed by atoms with Gasteiger partial charge < -0.3 is 5.32 Å². The van der Waals surface area contributed by atoms with Gasteiger partial charge in [0.1, 0.15) is 0 Å². The van der Waals surface area contributed by atoms with Crippen molar-refractivity contribution in [1.82, 2.24) is 0 Å². The van der Waals surface area contributed by atoms with Crippen molar-refractivity contribution >= 4 is 11.4 Å². The van der Waals surface area contributed by atoms with Gasteiger partial charge in [0.25, 0.3) is 5.69 Å². The third kappa shape index (κ3) is 3.43. The highest BCUT2D eigenvalue weighted by Crippen LogP contribution is 2.29. The lowest BCUT2D eigenvalue weighted by molar-refractivity contribution is -0.385. The van der Waals surface area contributed by atoms with E-state index >= 15 is 0 Å². The molecule has 5 heteroatoms. The van der Waals surface area contributed by atoms with Crippen LogP contribution in [0.3, 0.4) is 0 Å². The largest absolute Gasteiger partial charge is 0.380 e. The first kappa shape index (κ1) is 13.8. The van der Waals surface area contributed by atoms with Crippen LogP contribution in [0.15, 0.2) is 18.2 Å². The van der Waals surface area contributed by atoms with Crippen LogP contribution in [0, 0.1) is 21.8 Å². The van der Waals surface area contributed by atoms with Gasteiger partial charge in [-0.05, 0) is 31.7 Å². The van der Waals surface area contributed by atoms with Crippen LogP contribution in [0.1, 0.15) is 39.0 Å². The molecular weight excluding hydrogens is 247 g/mol. The number of nitrogens with one attached hydrogen (secondary N) is 1. The number of nitro groups is 1. The van der Waals surface area contributed by atoms with Crippen LogP contribution in [0.5, 0.6) is 0 Å². The Morgan fingerprint density at radius 1 is 1.37 bits per heavy atom. The summed E-state index contributed by atoms with van der Waals surface area (Å²) in [5, 5.41) is 13.7. The normalized spacial score (nSPS) is 18.0. The summed E-state index contributed by atoms with van der Waals surface area (Å²) in [6.45, 7) is 2.05. The molecule has 1 N–H and O–H groups in total. The molecule has 0 aromatic heterocycles. The van der Waals surface area contributed by atoms with E-state index in [1.54, 1.807) is 0 Å². The SMILES string of the molecule is CC(Nc1ccc([N+](=O)[O-])cc1F)C1CCCCC1. The molecule has 1 saturated carbocycles. The van der Waals surface area contributed by atoms with Gasteiger partial charge in [-0.25, -0.2) is 4.39 Å². The van der Waals surface area contributed by atoms with Gasteiger partial charge in [0, 0.05) is 12.1 Å². The molecule has 1 atom stereocenters. The average molecular weight is 266 g/mol. The lowest BCUT2D eigenvalue weighted by Gasteiger charge is -2.29. The first-order valence-corrected chi connectivity index (χ1v) is 6.78. The molecule has 0 amide bonds. The first-order chi connectivity index (χ1) is 9.08. The predicted molar refractivity (Wildman–Crippen MR) is 72.7 cm³/mol. The van der Waals surface area contributed by atoms with E-state index in [1.807, 2.05) is 0 Å². The Labute approximate surface area is 112 Å². The van der Waals surface area contributed by atoms with Crippen molar-refractivity contribution in [2.24, 2.45) is 5.92 Å². The van der Waals surface area contributed by atoms with E-state index in [-0.39, 0.29) is 11.7 Å². The van der Waals surface area contributed by atoms with Crippen molar-refractivity contribution in [3.8, 4) is 0 Å². The molecule has 2 rings (SSSR count). The van der Waals surface area contributed by atoms with Crippen LogP contribution >= 0.6 is 0 Å². The maximum absolute atomic E-state index is 13.8. The standard InChI is InChI=1S/C14H19FN2O2/c1-10(11-5-3-2-4-6-11)16-14-8-7-12(17(18)19)9-13(14)15/h7-11,16H,2-6H2,1H3. The molecule has 0 saturated heterocycles. The van der Waals surface area contributed by atoms with Gasteiger partial charge in [-0.15, -0.1) is 0 Å². The van der Waals surface area contributed by atoms with Crippen molar-refractivity contribution in [3.05, 3.63) is 34.1 Å². The molecule has 1 fully saturated rings. The lowest BCUT2D eigenvalue weighted by atomic mass is 9.84. The second-order valence-electron chi connectivity index (χ2n) is 5.25. The van der Waals surface area contributed by atoms with Gasteiger partial charge in [-0.3, -0.25) is 10.1 Å². The van der Waals surface area contributed by atoms with Gasteiger partial charge in [0.2, 0.25) is 0 Å². The Hall–Kier alpha value is -1.65. The van der Waals surface area contributed by atoms with Crippen LogP contribution in [0.4, 0.5) is 15.8 Å². The van der Waals surface area contributed by atoms with Gasteiger partial charge in [0.05, 0.1) is 16.7 Å². The smallest absolute Gasteiger partial charge is 0.272 e. The lowest BCUT2D eigenvalue weighted by Crippen LogP contribution is -2.28. The fourth-order valence-corrected chi connectivity index (χ4v) is 2.73. The number of hydrogen-bond acceptors (Lipinski definition) is 3. The van der Waals surface area contributed by atoms with Crippen molar-refractivity contribution < 1.29 is 9.31 Å². The van der Waals surface area contributed by atoms with Gasteiger partial charge in [-0.1, -0.05) is 19.3 Å². The van der Waals surface area contributed by atoms with Gasteiger partial charge >= 0.3 is 0 Å². The quantitative estimate of drug-likeness (QED) is 0.659. The predicted octanol–water partition coefficient (Wildman–Crippen LogP) is 4.11. The van der Waals surface area contributed by atoms with E-state index in [0.717, 1.165) is 6.07 Å². The molecule has 0 spiro atoms. The van der Waals surface area contributed by atoms with E-state index in [2.05, 4.69) is 12.2 Å². The van der Waals surface area contributed by atoms with E-state index in [1.165, 1.54) is 44.2 Å². The number of benzene rings is 1. The topological polar surface area (TPSA) is 55.2 Å². The number of nitro benzene ring substituents is 1. The maximum atomic E-state index is 13.8. The molecule has 19 heavy (non-hydrogen) atoms. The van der Waals surface area contributed by atoms with Crippen LogP contribution < -0.4 is 5.32 Å². The highest BCUT2D eigenvalue weighted by atomic mass is 19.1. The van der Waals surface area contributed by atoms with Crippen LogP contribution in [-0.4, -0.2) is 11.0 Å². The molecule has 0 heterocycles. The van der Waals surface area contributed by atoms with Crippen molar-refractivity contribution in [2.45, 2.75) is 45.1 Å². The molecule has 0 aliphatic heterocycles. The summed E-state index contributed by atoms with van der Waals surface area (Å²) in [4.78, 5) is 9.97. The molecule has 104 valence electrons. The molecule has 1 aromatic rings. The zero-order valence-electron chi connectivity index (χ0n) is 11.1. The summed E-state index contributed by atoms with van der Waals surface area (Å²) in [5.41, 5.74) is 0.136. The Kier molecular flexibility index (Phi) is 4.35. The van der Waals surface area contributed by atoms with E-state index < -0.39 is 10.7 Å². The highest BCUT2D eigenvalue weighted by molar-refractivity contribution is 5.50. The molecule has 0 bridgehead atoms. The molecule has 4 nitrogen and oxygen atoms in total. The third-order valence-electron chi connectivity index (χ3n) is 3.90. The molecule has 1 unspecified atom stereocenters. The van der Waals surface area contributed by atoms with Crippen LogP contribution in [0.25, 0.3) is 0 Å². The summed E-state index contributed by atoms with van der Waals surface area (Å²) in [7, 11) is 0. The Bertz CT molecular complexity index is 459. The zero-order chi connectivity index (χ0) is 13.8. The summed E-state index contributed by atoms with van der Waals surface area (Å²) in [6, 6.07) is 3.94. The number of nitrogens with zero attached hydrogens (tertiary/aromatic N) is 1. The van der Waals surface area contributed by atoms with Crippen LogP contribution in [-0.2, 0) is 0 Å². The fraction of sp³-hybridized carbons (Fsp3) is 0.571. The average Bonchev–Trinajstić information content (AvgIpc) is 2.41. The van der Waals surface area contributed by atoms with E-state index in [4.69, 9.17) is 0 Å². The second-order valence-corrected chi connectivity index (χ2v) is 5.25. The minimum atomic E-state index is -0.586. The molecule has 0 radical (unpaired) electrons. The van der Waals surface area contributed by atoms with Crippen molar-refractivity contribution in [1.29, 1.82) is 0 Å². The minimum absolute atomic E-state index is 0.191. The van der Waals surface area contributed by atoms with E-state index in [9.17, 15) is 14.5 Å². The number of anilines is 1. The first-order valence-electron chi connectivity index (χ1n) is 6.78. The highest BCUT2D eigenvalue weighted by Gasteiger charge is 2.21. The van der Waals surface area contributed by atoms with E-state index in [0.29, 0.717) is 11.6 Å². The number of rotatable bonds is 4. The van der Waals surface area contributed by atoms with Crippen molar-refractivity contribution in [3.63, 3.8) is 0 Å². The second kappa shape index (κ2) is 5.99. The van der Waals surface area contributed by atoms with Gasteiger partial charge in [-0.2, -0.15) is 0 Å². The van der Waals surface area contributed by atoms with Gasteiger partial charge in [0.15, 0.2) is 5.82 Å². The summed E-state index contributed by atoms with van der Waals surface area (Å²) < 4.78 is 13.8. The van der Waals surface area contributed by atoms with Crippen molar-refractivity contribution in [2.75, 3.05) is 5.32 Å². The Morgan fingerprint density at radius 2 is 2.05 bits per heavy atom. The third-order valence-corrected chi connectivity index (χ3v) is 3.90. The molecule has 1 aliphatic rings. The molecule has 1 aromatic carbocycles. The fourth-order valence-electron chi connectivity index (χ4n) is 2.73. The Morgan fingerprint density at radius 3 is 2.63 bits per heavy atom. The molecule has 1 aliphatic carbocycles.